The Morgan fingerprint density at radius 2 is 2.26 bits per heavy atom. The van der Waals surface area contributed by atoms with Crippen LogP contribution in [0, 0.1) is 0 Å². The summed E-state index contributed by atoms with van der Waals surface area (Å²) in [6.45, 7) is 3.42. The number of ether oxygens (including phenoxy) is 1. The van der Waals surface area contributed by atoms with Gasteiger partial charge in [-0.2, -0.15) is 5.10 Å². The van der Waals surface area contributed by atoms with Crippen LogP contribution in [0.25, 0.3) is 0 Å². The Morgan fingerprint density at radius 1 is 1.37 bits per heavy atom. The van der Waals surface area contributed by atoms with Crippen LogP contribution in [0.3, 0.4) is 0 Å². The molecule has 3 rings (SSSR count). The van der Waals surface area contributed by atoms with E-state index >= 15 is 0 Å². The van der Waals surface area contributed by atoms with Gasteiger partial charge in [0, 0.05) is 30.3 Å². The predicted molar refractivity (Wildman–Crippen MR) is 71.3 cm³/mol. The summed E-state index contributed by atoms with van der Waals surface area (Å²) in [6.07, 6.45) is 5.26. The topological polar surface area (TPSA) is 44.1 Å². The summed E-state index contributed by atoms with van der Waals surface area (Å²) in [6, 6.07) is 5.71. The van der Waals surface area contributed by atoms with Crippen LogP contribution in [0.4, 0.5) is 0 Å². The van der Waals surface area contributed by atoms with Crippen molar-refractivity contribution in [3.05, 3.63) is 47.3 Å². The highest BCUT2D eigenvalue weighted by Crippen LogP contribution is 2.26. The number of hydrogen-bond acceptors (Lipinski definition) is 3. The lowest BCUT2D eigenvalue weighted by Gasteiger charge is -2.06. The van der Waals surface area contributed by atoms with E-state index < -0.39 is 0 Å². The van der Waals surface area contributed by atoms with E-state index in [4.69, 9.17) is 4.74 Å². The molecule has 0 N–H and O–H groups in total. The largest absolute Gasteiger partial charge is 0.489 e. The molecule has 1 aromatic carbocycles. The van der Waals surface area contributed by atoms with Crippen molar-refractivity contribution in [2.24, 2.45) is 0 Å². The van der Waals surface area contributed by atoms with Crippen LogP contribution >= 0.6 is 0 Å². The molecule has 0 amide bonds. The number of nitrogens with zero attached hydrogens (tertiary/aromatic N) is 2. The molecule has 0 bridgehead atoms. The van der Waals surface area contributed by atoms with Crippen molar-refractivity contribution in [1.82, 2.24) is 9.78 Å². The molecule has 0 unspecified atom stereocenters. The normalized spacial score (nSPS) is 13.6. The highest BCUT2D eigenvalue weighted by Gasteiger charge is 2.19. The second kappa shape index (κ2) is 4.88. The molecule has 1 aromatic heterocycles. The third-order valence-electron chi connectivity index (χ3n) is 3.41. The standard InChI is InChI=1S/C15H16N2O2/c1-2-17-9-11(8-16-17)10-19-13-4-5-14-12(7-13)3-6-15(14)18/h4-5,7-9H,2-3,6,10H2,1H3. The summed E-state index contributed by atoms with van der Waals surface area (Å²) in [5, 5.41) is 4.21. The van der Waals surface area contributed by atoms with Crippen LogP contribution in [0.1, 0.15) is 34.8 Å². The minimum absolute atomic E-state index is 0.241. The van der Waals surface area contributed by atoms with Crippen LogP contribution in [-0.2, 0) is 19.6 Å². The SMILES string of the molecule is CCn1cc(COc2ccc3c(c2)CCC3=O)cn1. The van der Waals surface area contributed by atoms with Crippen LogP contribution in [0.15, 0.2) is 30.6 Å². The van der Waals surface area contributed by atoms with E-state index in [0.29, 0.717) is 13.0 Å². The molecule has 1 aliphatic rings. The van der Waals surface area contributed by atoms with E-state index in [-0.39, 0.29) is 5.78 Å². The number of carbonyl (C=O) groups excluding carboxylic acids is 1. The average molecular weight is 256 g/mol. The van der Waals surface area contributed by atoms with Gasteiger partial charge in [-0.05, 0) is 37.1 Å². The lowest BCUT2D eigenvalue weighted by molar-refractivity contribution is 0.0994. The summed E-state index contributed by atoms with van der Waals surface area (Å²) >= 11 is 0. The first-order chi connectivity index (χ1) is 9.26. The van der Waals surface area contributed by atoms with E-state index in [1.807, 2.05) is 35.3 Å². The number of rotatable bonds is 4. The Bertz CT molecular complexity index is 616. The monoisotopic (exact) mass is 256 g/mol. The summed E-state index contributed by atoms with van der Waals surface area (Å²) in [7, 11) is 0. The molecule has 0 aliphatic heterocycles. The maximum Gasteiger partial charge on any atom is 0.163 e. The van der Waals surface area contributed by atoms with Crippen LogP contribution in [0.5, 0.6) is 5.75 Å². The van der Waals surface area contributed by atoms with Gasteiger partial charge in [-0.25, -0.2) is 0 Å². The van der Waals surface area contributed by atoms with Crippen LogP contribution in [-0.4, -0.2) is 15.6 Å². The minimum Gasteiger partial charge on any atom is -0.489 e. The molecular weight excluding hydrogens is 240 g/mol. The predicted octanol–water partition coefficient (Wildman–Crippen LogP) is 2.61. The van der Waals surface area contributed by atoms with E-state index in [1.165, 1.54) is 0 Å². The third-order valence-corrected chi connectivity index (χ3v) is 3.41. The molecule has 4 heteroatoms. The molecule has 0 radical (unpaired) electrons. The number of aryl methyl sites for hydroxylation is 2. The van der Waals surface area contributed by atoms with Gasteiger partial charge in [-0.3, -0.25) is 9.48 Å². The molecule has 1 aliphatic carbocycles. The van der Waals surface area contributed by atoms with Gasteiger partial charge in [-0.15, -0.1) is 0 Å². The Hall–Kier alpha value is -2.10. The van der Waals surface area contributed by atoms with Gasteiger partial charge in [0.15, 0.2) is 5.78 Å². The van der Waals surface area contributed by atoms with Crippen LogP contribution < -0.4 is 4.74 Å². The van der Waals surface area contributed by atoms with Crippen molar-refractivity contribution in [3.63, 3.8) is 0 Å². The zero-order valence-corrected chi connectivity index (χ0v) is 10.9. The van der Waals surface area contributed by atoms with Crippen molar-refractivity contribution < 1.29 is 9.53 Å². The Labute approximate surface area is 112 Å². The number of aromatic nitrogens is 2. The van der Waals surface area contributed by atoms with Gasteiger partial charge in [0.25, 0.3) is 0 Å². The Kier molecular flexibility index (Phi) is 3.07. The number of ketones is 1. The first kappa shape index (κ1) is 12.0. The lowest BCUT2D eigenvalue weighted by atomic mass is 10.1. The van der Waals surface area contributed by atoms with E-state index in [1.54, 1.807) is 0 Å². The molecule has 0 saturated heterocycles. The van der Waals surface area contributed by atoms with E-state index in [9.17, 15) is 4.79 Å². The average Bonchev–Trinajstić information content (AvgIpc) is 3.03. The summed E-state index contributed by atoms with van der Waals surface area (Å²) in [5.74, 6) is 1.06. The maximum atomic E-state index is 11.5. The van der Waals surface area contributed by atoms with Crippen molar-refractivity contribution >= 4 is 5.78 Å². The fourth-order valence-electron chi connectivity index (χ4n) is 2.34. The van der Waals surface area contributed by atoms with Crippen molar-refractivity contribution in [2.45, 2.75) is 32.9 Å². The first-order valence-electron chi connectivity index (χ1n) is 6.56. The summed E-state index contributed by atoms with van der Waals surface area (Å²) < 4.78 is 7.62. The van der Waals surface area contributed by atoms with Gasteiger partial charge < -0.3 is 4.74 Å². The zero-order valence-electron chi connectivity index (χ0n) is 10.9. The molecule has 0 atom stereocenters. The smallest absolute Gasteiger partial charge is 0.163 e. The second-order valence-electron chi connectivity index (χ2n) is 4.74. The number of benzene rings is 1. The fraction of sp³-hybridized carbons (Fsp3) is 0.333. The van der Waals surface area contributed by atoms with Gasteiger partial charge in [0.05, 0.1) is 6.20 Å². The van der Waals surface area contributed by atoms with Crippen molar-refractivity contribution in [3.8, 4) is 5.75 Å². The summed E-state index contributed by atoms with van der Waals surface area (Å²) in [5.41, 5.74) is 3.01. The number of hydrogen-bond donors (Lipinski definition) is 0. The van der Waals surface area contributed by atoms with Gasteiger partial charge in [-0.1, -0.05) is 0 Å². The molecule has 98 valence electrons. The van der Waals surface area contributed by atoms with E-state index in [2.05, 4.69) is 12.0 Å². The molecule has 0 saturated carbocycles. The number of Topliss-reactive ketones (excluding diaryl/α,β-unsaturated/α-hetero) is 1. The highest BCUT2D eigenvalue weighted by atomic mass is 16.5. The quantitative estimate of drug-likeness (QED) is 0.844. The Morgan fingerprint density at radius 3 is 3.05 bits per heavy atom. The zero-order chi connectivity index (χ0) is 13.2. The Balaban J connectivity index is 1.69. The summed E-state index contributed by atoms with van der Waals surface area (Å²) in [4.78, 5) is 11.5. The van der Waals surface area contributed by atoms with E-state index in [0.717, 1.165) is 35.4 Å². The third kappa shape index (κ3) is 2.38. The first-order valence-corrected chi connectivity index (χ1v) is 6.56. The van der Waals surface area contributed by atoms with Gasteiger partial charge in [0.1, 0.15) is 12.4 Å². The highest BCUT2D eigenvalue weighted by molar-refractivity contribution is 6.00. The molecule has 4 nitrogen and oxygen atoms in total. The van der Waals surface area contributed by atoms with Crippen molar-refractivity contribution in [1.29, 1.82) is 0 Å². The number of carbonyl (C=O) groups is 1. The second-order valence-corrected chi connectivity index (χ2v) is 4.74. The fourth-order valence-corrected chi connectivity index (χ4v) is 2.34. The lowest BCUT2D eigenvalue weighted by Crippen LogP contribution is -1.97. The maximum absolute atomic E-state index is 11.5. The molecular formula is C15H16N2O2. The molecule has 0 spiro atoms. The van der Waals surface area contributed by atoms with Gasteiger partial charge in [0.2, 0.25) is 0 Å². The molecule has 19 heavy (non-hydrogen) atoms. The van der Waals surface area contributed by atoms with Crippen LogP contribution in [0.2, 0.25) is 0 Å². The molecule has 1 heterocycles. The van der Waals surface area contributed by atoms with Crippen molar-refractivity contribution in [2.75, 3.05) is 0 Å². The molecule has 0 fully saturated rings. The minimum atomic E-state index is 0.241. The number of fused-ring (bicyclic) bond motifs is 1. The molecule has 2 aromatic rings. The van der Waals surface area contributed by atoms with Gasteiger partial charge >= 0.3 is 0 Å².